The van der Waals surface area contributed by atoms with Crippen LogP contribution in [0.1, 0.15) is 62.9 Å². The maximum absolute atomic E-state index is 13.6. The first-order valence-electron chi connectivity index (χ1n) is 11.6. The van der Waals surface area contributed by atoms with Crippen LogP contribution >= 0.6 is 0 Å². The first-order chi connectivity index (χ1) is 15.8. The molecule has 7 nitrogen and oxygen atoms in total. The number of amides is 3. The van der Waals surface area contributed by atoms with Gasteiger partial charge in [0.1, 0.15) is 17.7 Å². The van der Waals surface area contributed by atoms with E-state index in [0.717, 1.165) is 22.3 Å². The third kappa shape index (κ3) is 7.07. The number of carbonyl (C=O) groups is 3. The predicted octanol–water partition coefficient (Wildman–Crippen LogP) is 5.05. The zero-order valence-corrected chi connectivity index (χ0v) is 21.5. The molecule has 184 valence electrons. The number of aryl methyl sites for hydroxylation is 3. The van der Waals surface area contributed by atoms with Gasteiger partial charge in [-0.15, -0.1) is 0 Å². The molecule has 2 rings (SSSR count). The lowest BCUT2D eigenvalue weighted by molar-refractivity contribution is -0.140. The van der Waals surface area contributed by atoms with Crippen LogP contribution < -0.4 is 10.6 Å². The number of nitrogens with one attached hydrogen (secondary N) is 2. The van der Waals surface area contributed by atoms with E-state index in [1.807, 2.05) is 70.2 Å². The van der Waals surface area contributed by atoms with Crippen LogP contribution in [-0.2, 0) is 14.3 Å². The summed E-state index contributed by atoms with van der Waals surface area (Å²) in [5.74, 6) is -0.693. The maximum Gasteiger partial charge on any atom is 0.408 e. The van der Waals surface area contributed by atoms with Crippen LogP contribution in [0.15, 0.2) is 42.5 Å². The molecule has 2 aromatic carbocycles. The fraction of sp³-hybridized carbons (Fsp3) is 0.444. The largest absolute Gasteiger partial charge is 0.444 e. The number of benzene rings is 2. The van der Waals surface area contributed by atoms with Gasteiger partial charge in [0.15, 0.2) is 0 Å². The monoisotopic (exact) mass is 467 g/mol. The molecular formula is C27H37N3O4. The number of para-hydroxylation sites is 1. The van der Waals surface area contributed by atoms with Gasteiger partial charge in [-0.05, 0) is 78.1 Å². The van der Waals surface area contributed by atoms with E-state index in [1.165, 1.54) is 4.90 Å². The number of rotatable bonds is 7. The summed E-state index contributed by atoms with van der Waals surface area (Å²) in [6, 6.07) is 11.6. The molecule has 0 aliphatic rings. The van der Waals surface area contributed by atoms with Crippen LogP contribution in [0.2, 0.25) is 0 Å². The van der Waals surface area contributed by atoms with Crippen molar-refractivity contribution in [3.63, 3.8) is 0 Å². The van der Waals surface area contributed by atoms with Gasteiger partial charge in [-0.2, -0.15) is 0 Å². The summed E-state index contributed by atoms with van der Waals surface area (Å²) < 4.78 is 5.29. The van der Waals surface area contributed by atoms with Gasteiger partial charge in [-0.25, -0.2) is 4.79 Å². The van der Waals surface area contributed by atoms with Crippen molar-refractivity contribution in [3.8, 4) is 0 Å². The van der Waals surface area contributed by atoms with E-state index < -0.39 is 23.8 Å². The van der Waals surface area contributed by atoms with Gasteiger partial charge < -0.3 is 20.3 Å². The second-order valence-corrected chi connectivity index (χ2v) is 9.56. The van der Waals surface area contributed by atoms with Gasteiger partial charge in [-0.1, -0.05) is 42.0 Å². The topological polar surface area (TPSA) is 87.7 Å². The minimum absolute atomic E-state index is 0.276. The maximum atomic E-state index is 13.6. The zero-order valence-electron chi connectivity index (χ0n) is 21.5. The molecule has 0 aliphatic heterocycles. The van der Waals surface area contributed by atoms with Gasteiger partial charge in [0.25, 0.3) is 5.91 Å². The molecule has 3 amide bonds. The smallest absolute Gasteiger partial charge is 0.408 e. The van der Waals surface area contributed by atoms with Crippen LogP contribution in [0.3, 0.4) is 0 Å². The number of hydrogen-bond acceptors (Lipinski definition) is 4. The Kier molecular flexibility index (Phi) is 8.85. The SMILES string of the molecule is CCN(C(=O)C(C)NC(=O)OC(C)(C)C)C(C(=O)Nc1ccccc1C)c1cc(C)ccc1C. The van der Waals surface area contributed by atoms with Crippen molar-refractivity contribution in [2.75, 3.05) is 11.9 Å². The minimum Gasteiger partial charge on any atom is -0.444 e. The molecule has 0 saturated heterocycles. The lowest BCUT2D eigenvalue weighted by atomic mass is 9.96. The van der Waals surface area contributed by atoms with Crippen molar-refractivity contribution in [2.45, 2.75) is 73.1 Å². The minimum atomic E-state index is -0.881. The van der Waals surface area contributed by atoms with Crippen LogP contribution in [-0.4, -0.2) is 41.0 Å². The van der Waals surface area contributed by atoms with Gasteiger partial charge in [0.05, 0.1) is 0 Å². The second kappa shape index (κ2) is 11.2. The van der Waals surface area contributed by atoms with E-state index >= 15 is 0 Å². The Balaban J connectivity index is 2.42. The molecule has 34 heavy (non-hydrogen) atoms. The number of anilines is 1. The fourth-order valence-electron chi connectivity index (χ4n) is 3.68. The molecule has 0 fully saturated rings. The van der Waals surface area contributed by atoms with Crippen LogP contribution in [0.25, 0.3) is 0 Å². The van der Waals surface area contributed by atoms with Crippen LogP contribution in [0.4, 0.5) is 10.5 Å². The quantitative estimate of drug-likeness (QED) is 0.596. The van der Waals surface area contributed by atoms with Gasteiger partial charge in [-0.3, -0.25) is 9.59 Å². The predicted molar refractivity (Wildman–Crippen MR) is 135 cm³/mol. The number of likely N-dealkylation sites (N-methyl/N-ethyl adjacent to an activating group) is 1. The Morgan fingerprint density at radius 1 is 1.00 bits per heavy atom. The normalized spacial score (nSPS) is 12.9. The summed E-state index contributed by atoms with van der Waals surface area (Å²) in [6.07, 6.45) is -0.683. The first-order valence-corrected chi connectivity index (χ1v) is 11.6. The van der Waals surface area contributed by atoms with E-state index in [0.29, 0.717) is 5.69 Å². The second-order valence-electron chi connectivity index (χ2n) is 9.56. The standard InChI is InChI=1S/C27H37N3O4/c1-9-30(25(32)20(5)28-26(33)34-27(6,7)8)23(21-16-17(2)14-15-18(21)3)24(31)29-22-13-11-10-12-19(22)4/h10-16,20,23H,9H2,1-8H3,(H,28,33)(H,29,31). The Morgan fingerprint density at radius 3 is 2.24 bits per heavy atom. The molecule has 2 unspecified atom stereocenters. The number of carbonyl (C=O) groups excluding carboxylic acids is 3. The average molecular weight is 468 g/mol. The molecule has 0 bridgehead atoms. The first kappa shape index (κ1) is 26.9. The highest BCUT2D eigenvalue weighted by atomic mass is 16.6. The summed E-state index contributed by atoms with van der Waals surface area (Å²) in [7, 11) is 0. The molecule has 0 aliphatic carbocycles. The Hall–Kier alpha value is -3.35. The van der Waals surface area contributed by atoms with Crippen molar-refractivity contribution in [1.29, 1.82) is 0 Å². The van der Waals surface area contributed by atoms with E-state index in [1.54, 1.807) is 27.7 Å². The summed E-state index contributed by atoms with van der Waals surface area (Å²) in [4.78, 5) is 40.9. The Bertz CT molecular complexity index is 1040. The molecule has 2 N–H and O–H groups in total. The lowest BCUT2D eigenvalue weighted by Gasteiger charge is -2.33. The van der Waals surface area contributed by atoms with Crippen LogP contribution in [0.5, 0.6) is 0 Å². The highest BCUT2D eigenvalue weighted by molar-refractivity contribution is 5.99. The molecule has 2 aromatic rings. The summed E-state index contributed by atoms with van der Waals surface area (Å²) in [5.41, 5.74) is 3.54. The van der Waals surface area contributed by atoms with Gasteiger partial charge in [0, 0.05) is 12.2 Å². The summed E-state index contributed by atoms with van der Waals surface area (Å²) in [5, 5.41) is 5.59. The van der Waals surface area contributed by atoms with Crippen molar-refractivity contribution in [1.82, 2.24) is 10.2 Å². The molecule has 0 spiro atoms. The van der Waals surface area contributed by atoms with Crippen molar-refractivity contribution >= 4 is 23.6 Å². The Labute approximate surface area is 202 Å². The summed E-state index contributed by atoms with van der Waals surface area (Å²) >= 11 is 0. The highest BCUT2D eigenvalue weighted by Gasteiger charge is 2.34. The van der Waals surface area contributed by atoms with E-state index in [9.17, 15) is 14.4 Å². The molecule has 0 radical (unpaired) electrons. The highest BCUT2D eigenvalue weighted by Crippen LogP contribution is 2.28. The lowest BCUT2D eigenvalue weighted by Crippen LogP contribution is -2.51. The zero-order chi connectivity index (χ0) is 25.6. The van der Waals surface area contributed by atoms with Gasteiger partial charge in [0.2, 0.25) is 5.91 Å². The third-order valence-corrected chi connectivity index (χ3v) is 5.42. The van der Waals surface area contributed by atoms with Crippen molar-refractivity contribution in [3.05, 3.63) is 64.7 Å². The fourth-order valence-corrected chi connectivity index (χ4v) is 3.68. The molecule has 0 aromatic heterocycles. The molecule has 2 atom stereocenters. The van der Waals surface area contributed by atoms with E-state index in [-0.39, 0.29) is 18.4 Å². The number of hydrogen-bond donors (Lipinski definition) is 2. The van der Waals surface area contributed by atoms with E-state index in [2.05, 4.69) is 10.6 Å². The third-order valence-electron chi connectivity index (χ3n) is 5.42. The molecule has 0 saturated carbocycles. The van der Waals surface area contributed by atoms with Gasteiger partial charge >= 0.3 is 6.09 Å². The number of nitrogens with zero attached hydrogens (tertiary/aromatic N) is 1. The number of ether oxygens (including phenoxy) is 1. The molecule has 7 heteroatoms. The number of alkyl carbamates (subject to hydrolysis) is 1. The van der Waals surface area contributed by atoms with Crippen molar-refractivity contribution in [2.24, 2.45) is 0 Å². The molecule has 0 heterocycles. The van der Waals surface area contributed by atoms with E-state index in [4.69, 9.17) is 4.74 Å². The molecular weight excluding hydrogens is 430 g/mol. The van der Waals surface area contributed by atoms with Crippen molar-refractivity contribution < 1.29 is 19.1 Å². The van der Waals surface area contributed by atoms with Crippen LogP contribution in [0, 0.1) is 20.8 Å². The average Bonchev–Trinajstić information content (AvgIpc) is 2.73. The summed E-state index contributed by atoms with van der Waals surface area (Å²) in [6.45, 7) is 14.7. The Morgan fingerprint density at radius 2 is 1.65 bits per heavy atom.